The lowest BCUT2D eigenvalue weighted by molar-refractivity contribution is 0.833. The van der Waals surface area contributed by atoms with Gasteiger partial charge < -0.3 is 0 Å². The summed E-state index contributed by atoms with van der Waals surface area (Å²) in [5, 5.41) is 5.08. The first-order chi connectivity index (χ1) is 7.61. The first-order valence-electron chi connectivity index (χ1n) is 5.27. The fourth-order valence-electron chi connectivity index (χ4n) is 1.80. The third-order valence-electron chi connectivity index (χ3n) is 2.49. The Morgan fingerprint density at radius 1 is 1.31 bits per heavy atom. The Labute approximate surface area is 100 Å². The molecule has 2 rings (SSSR count). The van der Waals surface area contributed by atoms with E-state index in [1.165, 1.54) is 0 Å². The molecule has 16 heavy (non-hydrogen) atoms. The number of aryl methyl sites for hydroxylation is 1. The molecule has 0 aromatic carbocycles. The van der Waals surface area contributed by atoms with E-state index >= 15 is 0 Å². The van der Waals surface area contributed by atoms with Crippen LogP contribution in [0.1, 0.15) is 31.0 Å². The smallest absolute Gasteiger partial charge is 0.155 e. The highest BCUT2D eigenvalue weighted by molar-refractivity contribution is 6.30. The summed E-state index contributed by atoms with van der Waals surface area (Å²) in [4.78, 5) is 4.24. The van der Waals surface area contributed by atoms with Gasteiger partial charge >= 0.3 is 0 Å². The van der Waals surface area contributed by atoms with Crippen LogP contribution in [0.5, 0.6) is 0 Å². The van der Waals surface area contributed by atoms with Gasteiger partial charge in [-0.1, -0.05) is 31.5 Å². The Hall–Kier alpha value is -1.35. The number of hydrogen-bond acceptors (Lipinski definition) is 2. The predicted molar refractivity (Wildman–Crippen MR) is 65.2 cm³/mol. The highest BCUT2D eigenvalue weighted by atomic mass is 35.5. The number of pyridine rings is 1. The van der Waals surface area contributed by atoms with Crippen molar-refractivity contribution in [3.05, 3.63) is 40.8 Å². The second-order valence-electron chi connectivity index (χ2n) is 4.04. The highest BCUT2D eigenvalue weighted by Gasteiger charge is 2.17. The Morgan fingerprint density at radius 2 is 2.06 bits per heavy atom. The maximum absolute atomic E-state index is 6.32. The SMILES string of the molecule is Cc1nn(-c2ccccn2)c(Cl)c1C(C)C. The van der Waals surface area contributed by atoms with E-state index in [1.807, 2.05) is 25.1 Å². The second-order valence-corrected chi connectivity index (χ2v) is 4.40. The summed E-state index contributed by atoms with van der Waals surface area (Å²) in [7, 11) is 0. The molecule has 84 valence electrons. The van der Waals surface area contributed by atoms with Crippen molar-refractivity contribution in [1.82, 2.24) is 14.8 Å². The zero-order valence-electron chi connectivity index (χ0n) is 9.61. The molecule has 2 aromatic rings. The first-order valence-corrected chi connectivity index (χ1v) is 5.65. The standard InChI is InChI=1S/C12H14ClN3/c1-8(2)11-9(3)15-16(12(11)13)10-6-4-5-7-14-10/h4-8H,1-3H3. The topological polar surface area (TPSA) is 30.7 Å². The van der Waals surface area contributed by atoms with Gasteiger partial charge in [0.2, 0.25) is 0 Å². The van der Waals surface area contributed by atoms with Crippen LogP contribution in [0.4, 0.5) is 0 Å². The van der Waals surface area contributed by atoms with Gasteiger partial charge in [-0.05, 0) is 25.0 Å². The van der Waals surface area contributed by atoms with Crippen LogP contribution in [0.15, 0.2) is 24.4 Å². The average molecular weight is 236 g/mol. The van der Waals surface area contributed by atoms with E-state index in [0.717, 1.165) is 17.1 Å². The van der Waals surface area contributed by atoms with Crippen molar-refractivity contribution in [3.63, 3.8) is 0 Å². The van der Waals surface area contributed by atoms with Crippen molar-refractivity contribution in [2.45, 2.75) is 26.7 Å². The summed E-state index contributed by atoms with van der Waals surface area (Å²) in [5.74, 6) is 1.12. The van der Waals surface area contributed by atoms with Crippen molar-refractivity contribution < 1.29 is 0 Å². The van der Waals surface area contributed by atoms with Crippen LogP contribution in [0.25, 0.3) is 5.82 Å². The maximum atomic E-state index is 6.32. The Balaban J connectivity index is 2.56. The van der Waals surface area contributed by atoms with Crippen molar-refractivity contribution in [3.8, 4) is 5.82 Å². The third-order valence-corrected chi connectivity index (χ3v) is 2.86. The summed E-state index contributed by atoms with van der Waals surface area (Å²) < 4.78 is 1.69. The van der Waals surface area contributed by atoms with Crippen molar-refractivity contribution in [2.75, 3.05) is 0 Å². The largest absolute Gasteiger partial charge is 0.237 e. The zero-order chi connectivity index (χ0) is 11.7. The normalized spacial score (nSPS) is 11.1. The van der Waals surface area contributed by atoms with Gasteiger partial charge in [0, 0.05) is 11.8 Å². The summed E-state index contributed by atoms with van der Waals surface area (Å²) in [6, 6.07) is 5.68. The van der Waals surface area contributed by atoms with Crippen LogP contribution in [-0.4, -0.2) is 14.8 Å². The molecule has 2 heterocycles. The minimum atomic E-state index is 0.366. The fraction of sp³-hybridized carbons (Fsp3) is 0.333. The van der Waals surface area contributed by atoms with Gasteiger partial charge in [0.1, 0.15) is 5.15 Å². The summed E-state index contributed by atoms with van der Waals surface area (Å²) >= 11 is 6.32. The van der Waals surface area contributed by atoms with E-state index in [0.29, 0.717) is 11.1 Å². The minimum Gasteiger partial charge on any atom is -0.237 e. The molecule has 3 nitrogen and oxygen atoms in total. The van der Waals surface area contributed by atoms with Gasteiger partial charge in [-0.15, -0.1) is 0 Å². The molecule has 0 unspecified atom stereocenters. The molecule has 0 N–H and O–H groups in total. The molecular weight excluding hydrogens is 222 g/mol. The summed E-state index contributed by atoms with van der Waals surface area (Å²) in [6.07, 6.45) is 1.73. The van der Waals surface area contributed by atoms with Crippen LogP contribution < -0.4 is 0 Å². The number of rotatable bonds is 2. The minimum absolute atomic E-state index is 0.366. The molecule has 0 saturated carbocycles. The molecule has 0 aliphatic rings. The van der Waals surface area contributed by atoms with Gasteiger partial charge in [0.25, 0.3) is 0 Å². The highest BCUT2D eigenvalue weighted by Crippen LogP contribution is 2.28. The van der Waals surface area contributed by atoms with Crippen LogP contribution >= 0.6 is 11.6 Å². The van der Waals surface area contributed by atoms with E-state index in [-0.39, 0.29) is 0 Å². The fourth-order valence-corrected chi connectivity index (χ4v) is 2.28. The van der Waals surface area contributed by atoms with Gasteiger partial charge in [-0.25, -0.2) is 9.67 Å². The maximum Gasteiger partial charge on any atom is 0.155 e. The first kappa shape index (κ1) is 11.1. The van der Waals surface area contributed by atoms with Gasteiger partial charge in [-0.2, -0.15) is 5.10 Å². The molecule has 0 fully saturated rings. The lowest BCUT2D eigenvalue weighted by Crippen LogP contribution is -1.99. The van der Waals surface area contributed by atoms with E-state index in [4.69, 9.17) is 11.6 Å². The van der Waals surface area contributed by atoms with Gasteiger partial charge in [0.05, 0.1) is 5.69 Å². The van der Waals surface area contributed by atoms with Crippen LogP contribution in [0.2, 0.25) is 5.15 Å². The van der Waals surface area contributed by atoms with E-state index in [1.54, 1.807) is 10.9 Å². The second kappa shape index (κ2) is 4.26. The molecular formula is C12H14ClN3. The Kier molecular flexibility index (Phi) is 2.97. The zero-order valence-corrected chi connectivity index (χ0v) is 10.4. The number of hydrogen-bond donors (Lipinski definition) is 0. The van der Waals surface area contributed by atoms with E-state index in [2.05, 4.69) is 23.9 Å². The predicted octanol–water partition coefficient (Wildman–Crippen LogP) is 3.35. The Bertz CT molecular complexity index is 488. The summed E-state index contributed by atoms with van der Waals surface area (Å²) in [5.41, 5.74) is 2.05. The molecule has 4 heteroatoms. The number of halogens is 1. The molecule has 0 aliphatic carbocycles. The van der Waals surface area contributed by atoms with Crippen molar-refractivity contribution >= 4 is 11.6 Å². The molecule has 2 aromatic heterocycles. The monoisotopic (exact) mass is 235 g/mol. The molecule has 0 radical (unpaired) electrons. The molecule has 0 amide bonds. The Morgan fingerprint density at radius 3 is 2.56 bits per heavy atom. The van der Waals surface area contributed by atoms with Crippen molar-refractivity contribution in [2.24, 2.45) is 0 Å². The average Bonchev–Trinajstić information content (AvgIpc) is 2.55. The van der Waals surface area contributed by atoms with Gasteiger partial charge in [0.15, 0.2) is 5.82 Å². The van der Waals surface area contributed by atoms with Crippen LogP contribution in [0.3, 0.4) is 0 Å². The van der Waals surface area contributed by atoms with E-state index < -0.39 is 0 Å². The van der Waals surface area contributed by atoms with Crippen LogP contribution in [-0.2, 0) is 0 Å². The molecule has 0 aliphatic heterocycles. The number of aromatic nitrogens is 3. The number of nitrogens with zero attached hydrogens (tertiary/aromatic N) is 3. The van der Waals surface area contributed by atoms with Crippen LogP contribution in [0, 0.1) is 6.92 Å². The lowest BCUT2D eigenvalue weighted by Gasteiger charge is -2.04. The molecule has 0 bridgehead atoms. The van der Waals surface area contributed by atoms with Crippen molar-refractivity contribution in [1.29, 1.82) is 0 Å². The van der Waals surface area contributed by atoms with Gasteiger partial charge in [-0.3, -0.25) is 0 Å². The third kappa shape index (κ3) is 1.83. The molecule has 0 atom stereocenters. The molecule has 0 spiro atoms. The summed E-state index contributed by atoms with van der Waals surface area (Å²) in [6.45, 7) is 6.19. The van der Waals surface area contributed by atoms with E-state index in [9.17, 15) is 0 Å². The molecule has 0 saturated heterocycles. The quantitative estimate of drug-likeness (QED) is 0.799. The lowest BCUT2D eigenvalue weighted by atomic mass is 10.1.